The van der Waals surface area contributed by atoms with Crippen molar-refractivity contribution < 1.29 is 19.4 Å². The number of Topliss-reactive ketones (excluding diaryl/α,β-unsaturated/α-hetero) is 1. The third-order valence-electron chi connectivity index (χ3n) is 2.97. The van der Waals surface area contributed by atoms with Crippen LogP contribution in [0.3, 0.4) is 0 Å². The van der Waals surface area contributed by atoms with Gasteiger partial charge in [-0.3, -0.25) is 9.59 Å². The fourth-order valence-corrected chi connectivity index (χ4v) is 2.33. The topological polar surface area (TPSA) is 79.4 Å². The highest BCUT2D eigenvalue weighted by Crippen LogP contribution is 2.31. The molecule has 0 unspecified atom stereocenters. The number of ketones is 1. The first-order chi connectivity index (χ1) is 9.69. The summed E-state index contributed by atoms with van der Waals surface area (Å²) in [4.78, 5) is 26.8. The molecule has 5 heteroatoms. The van der Waals surface area contributed by atoms with E-state index in [0.717, 1.165) is 0 Å². The molecule has 0 saturated carbocycles. The lowest BCUT2D eigenvalue weighted by molar-refractivity contribution is -0.153. The van der Waals surface area contributed by atoms with E-state index in [2.05, 4.69) is 4.98 Å². The van der Waals surface area contributed by atoms with Crippen LogP contribution in [0.1, 0.15) is 43.7 Å². The Morgan fingerprint density at radius 3 is 2.52 bits per heavy atom. The fraction of sp³-hybridized carbons (Fsp3) is 0.375. The molecule has 1 aromatic heterocycles. The molecule has 0 atom stereocenters. The highest BCUT2D eigenvalue weighted by atomic mass is 16.6. The number of hydrogen-bond acceptors (Lipinski definition) is 4. The van der Waals surface area contributed by atoms with Crippen LogP contribution in [0.15, 0.2) is 18.2 Å². The number of ether oxygens (including phenoxy) is 1. The Morgan fingerprint density at radius 1 is 1.29 bits per heavy atom. The molecule has 0 aliphatic rings. The first kappa shape index (κ1) is 15.1. The predicted octanol–water partition coefficient (Wildman–Crippen LogP) is 2.96. The van der Waals surface area contributed by atoms with Crippen LogP contribution in [-0.2, 0) is 16.0 Å². The summed E-state index contributed by atoms with van der Waals surface area (Å²) in [5.41, 5.74) is 0.850. The number of nitrogens with one attached hydrogen (secondary N) is 1. The van der Waals surface area contributed by atoms with Crippen molar-refractivity contribution >= 4 is 22.7 Å². The molecule has 0 spiro atoms. The van der Waals surface area contributed by atoms with E-state index in [0.29, 0.717) is 22.2 Å². The summed E-state index contributed by atoms with van der Waals surface area (Å²) < 4.78 is 5.27. The molecule has 2 rings (SSSR count). The number of aromatic hydroxyl groups is 1. The van der Waals surface area contributed by atoms with Gasteiger partial charge in [0.2, 0.25) is 0 Å². The molecule has 2 N–H and O–H groups in total. The lowest BCUT2D eigenvalue weighted by Gasteiger charge is -2.19. The van der Waals surface area contributed by atoms with Crippen molar-refractivity contribution in [3.8, 4) is 5.75 Å². The molecular weight excluding hydrogens is 270 g/mol. The average Bonchev–Trinajstić information content (AvgIpc) is 2.65. The van der Waals surface area contributed by atoms with Crippen LogP contribution in [0.5, 0.6) is 5.75 Å². The van der Waals surface area contributed by atoms with Gasteiger partial charge in [-0.1, -0.05) is 6.07 Å². The minimum Gasteiger partial charge on any atom is -0.507 e. The number of esters is 1. The first-order valence-electron chi connectivity index (χ1n) is 6.74. The van der Waals surface area contributed by atoms with Gasteiger partial charge in [0.05, 0.1) is 22.9 Å². The Morgan fingerprint density at radius 2 is 1.95 bits per heavy atom. The van der Waals surface area contributed by atoms with Gasteiger partial charge in [-0.25, -0.2) is 0 Å². The average molecular weight is 289 g/mol. The molecule has 0 aliphatic carbocycles. The van der Waals surface area contributed by atoms with Crippen molar-refractivity contribution in [3.63, 3.8) is 0 Å². The fourth-order valence-electron chi connectivity index (χ4n) is 2.33. The summed E-state index contributed by atoms with van der Waals surface area (Å²) in [6, 6.07) is 4.94. The number of hydrogen-bond donors (Lipinski definition) is 2. The van der Waals surface area contributed by atoms with Crippen molar-refractivity contribution in [1.29, 1.82) is 0 Å². The van der Waals surface area contributed by atoms with Gasteiger partial charge >= 0.3 is 5.97 Å². The molecule has 1 aromatic carbocycles. The summed E-state index contributed by atoms with van der Waals surface area (Å²) in [5, 5.41) is 10.4. The monoisotopic (exact) mass is 289 g/mol. The smallest absolute Gasteiger partial charge is 0.312 e. The van der Waals surface area contributed by atoms with Gasteiger partial charge in [0, 0.05) is 5.69 Å². The van der Waals surface area contributed by atoms with E-state index in [-0.39, 0.29) is 18.0 Å². The van der Waals surface area contributed by atoms with Crippen molar-refractivity contribution in [3.05, 3.63) is 29.5 Å². The molecule has 0 saturated heterocycles. The second-order valence-electron chi connectivity index (χ2n) is 6.00. The first-order valence-corrected chi connectivity index (χ1v) is 6.74. The highest BCUT2D eigenvalue weighted by Gasteiger charge is 2.22. The van der Waals surface area contributed by atoms with Crippen molar-refractivity contribution in [1.82, 2.24) is 4.98 Å². The zero-order valence-electron chi connectivity index (χ0n) is 12.6. The molecule has 0 amide bonds. The van der Waals surface area contributed by atoms with Crippen LogP contribution < -0.4 is 0 Å². The van der Waals surface area contributed by atoms with Gasteiger partial charge in [-0.15, -0.1) is 0 Å². The molecule has 0 fully saturated rings. The van der Waals surface area contributed by atoms with Crippen molar-refractivity contribution in [2.75, 3.05) is 0 Å². The van der Waals surface area contributed by atoms with E-state index in [9.17, 15) is 14.7 Å². The van der Waals surface area contributed by atoms with Gasteiger partial charge < -0.3 is 14.8 Å². The number of aromatic nitrogens is 1. The van der Waals surface area contributed by atoms with Crippen LogP contribution in [0, 0.1) is 0 Å². The Labute approximate surface area is 122 Å². The quantitative estimate of drug-likeness (QED) is 0.672. The number of benzene rings is 1. The third-order valence-corrected chi connectivity index (χ3v) is 2.97. The summed E-state index contributed by atoms with van der Waals surface area (Å²) in [7, 11) is 0. The van der Waals surface area contributed by atoms with E-state index in [1.54, 1.807) is 32.9 Å². The van der Waals surface area contributed by atoms with E-state index < -0.39 is 11.6 Å². The van der Waals surface area contributed by atoms with Crippen LogP contribution >= 0.6 is 0 Å². The number of H-pyrrole nitrogens is 1. The molecule has 112 valence electrons. The Kier molecular flexibility index (Phi) is 3.77. The molecule has 2 aromatic rings. The standard InChI is InChI=1S/C16H19NO4/c1-9(18)14-11(8-13(20)21-16(2,3)4)17-10-6-5-7-12(19)15(10)14/h5-7,17,19H,8H2,1-4H3. The molecule has 0 radical (unpaired) electrons. The summed E-state index contributed by atoms with van der Waals surface area (Å²) in [6.45, 7) is 6.77. The molecule has 5 nitrogen and oxygen atoms in total. The molecular formula is C16H19NO4. The minimum atomic E-state index is -0.582. The van der Waals surface area contributed by atoms with Gasteiger partial charge in [0.1, 0.15) is 11.4 Å². The van der Waals surface area contributed by atoms with Gasteiger partial charge in [-0.2, -0.15) is 0 Å². The zero-order valence-corrected chi connectivity index (χ0v) is 12.6. The number of fused-ring (bicyclic) bond motifs is 1. The molecule has 0 aliphatic heterocycles. The summed E-state index contributed by atoms with van der Waals surface area (Å²) in [5.74, 6) is -0.609. The zero-order chi connectivity index (χ0) is 15.8. The Balaban J connectivity index is 2.45. The van der Waals surface area contributed by atoms with Crippen LogP contribution in [0.2, 0.25) is 0 Å². The summed E-state index contributed by atoms with van der Waals surface area (Å²) in [6.07, 6.45) is -0.0414. The number of phenols is 1. The number of phenolic OH excluding ortho intramolecular Hbond substituents is 1. The molecule has 0 bridgehead atoms. The SMILES string of the molecule is CC(=O)c1c(CC(=O)OC(C)(C)C)[nH]c2cccc(O)c12. The van der Waals surface area contributed by atoms with Crippen LogP contribution in [0.4, 0.5) is 0 Å². The Bertz CT molecular complexity index is 707. The lowest BCUT2D eigenvalue weighted by Crippen LogP contribution is -2.25. The number of rotatable bonds is 3. The van der Waals surface area contributed by atoms with Gasteiger partial charge in [0.25, 0.3) is 0 Å². The van der Waals surface area contributed by atoms with E-state index in [1.807, 2.05) is 0 Å². The second kappa shape index (κ2) is 5.24. The second-order valence-corrected chi connectivity index (χ2v) is 6.00. The van der Waals surface area contributed by atoms with Gasteiger partial charge in [0.15, 0.2) is 5.78 Å². The van der Waals surface area contributed by atoms with E-state index >= 15 is 0 Å². The largest absolute Gasteiger partial charge is 0.507 e. The maximum absolute atomic E-state index is 11.9. The maximum atomic E-state index is 11.9. The Hall–Kier alpha value is -2.30. The maximum Gasteiger partial charge on any atom is 0.312 e. The lowest BCUT2D eigenvalue weighted by atomic mass is 10.0. The molecule has 1 heterocycles. The molecule has 21 heavy (non-hydrogen) atoms. The number of carbonyl (C=O) groups excluding carboxylic acids is 2. The summed E-state index contributed by atoms with van der Waals surface area (Å²) >= 11 is 0. The normalized spacial score (nSPS) is 11.6. The predicted molar refractivity (Wildman–Crippen MR) is 79.5 cm³/mol. The van der Waals surface area contributed by atoms with Crippen molar-refractivity contribution in [2.24, 2.45) is 0 Å². The van der Waals surface area contributed by atoms with E-state index in [4.69, 9.17) is 4.74 Å². The van der Waals surface area contributed by atoms with Crippen LogP contribution in [0.25, 0.3) is 10.9 Å². The van der Waals surface area contributed by atoms with Gasteiger partial charge in [-0.05, 0) is 39.8 Å². The number of carbonyl (C=O) groups is 2. The minimum absolute atomic E-state index is 0.0180. The van der Waals surface area contributed by atoms with Crippen LogP contribution in [-0.4, -0.2) is 27.4 Å². The number of aromatic amines is 1. The van der Waals surface area contributed by atoms with Crippen molar-refractivity contribution in [2.45, 2.75) is 39.7 Å². The third kappa shape index (κ3) is 3.24. The van der Waals surface area contributed by atoms with E-state index in [1.165, 1.54) is 13.0 Å². The highest BCUT2D eigenvalue weighted by molar-refractivity contribution is 6.10.